The van der Waals surface area contributed by atoms with Crippen molar-refractivity contribution in [1.82, 2.24) is 0 Å². The van der Waals surface area contributed by atoms with Crippen LogP contribution >= 0.6 is 11.3 Å². The Kier molecular flexibility index (Phi) is 1.54. The van der Waals surface area contributed by atoms with Gasteiger partial charge in [-0.05, 0) is 11.4 Å². The van der Waals surface area contributed by atoms with E-state index in [-0.39, 0.29) is 0 Å². The lowest BCUT2D eigenvalue weighted by atomic mass is 10.2. The van der Waals surface area contributed by atoms with Gasteiger partial charge >= 0.3 is 0 Å². The normalized spacial score (nSPS) is 10.8. The molecule has 2 aromatic rings. The highest BCUT2D eigenvalue weighted by atomic mass is 32.1. The van der Waals surface area contributed by atoms with Crippen LogP contribution in [0.4, 0.5) is 0 Å². The summed E-state index contributed by atoms with van der Waals surface area (Å²) >= 11 is 1.67. The minimum absolute atomic E-state index is 0.766. The van der Waals surface area contributed by atoms with Gasteiger partial charge in [-0.25, -0.2) is 0 Å². The Balaban J connectivity index is 2.94. The maximum Gasteiger partial charge on any atom is 0.198 e. The van der Waals surface area contributed by atoms with Gasteiger partial charge in [0.2, 0.25) is 0 Å². The number of aromatic nitrogens is 1. The van der Waals surface area contributed by atoms with Crippen LogP contribution in [0.3, 0.4) is 0 Å². The van der Waals surface area contributed by atoms with Gasteiger partial charge in [0.15, 0.2) is 11.4 Å². The first-order valence-electron chi connectivity index (χ1n) is 3.77. The van der Waals surface area contributed by atoms with Crippen molar-refractivity contribution in [3.8, 4) is 0 Å². The molecule has 0 N–H and O–H groups in total. The third-order valence-electron chi connectivity index (χ3n) is 2.05. The molecule has 0 spiro atoms. The predicted octanol–water partition coefficient (Wildman–Crippen LogP) is 2.15. The fraction of sp³-hybridized carbons (Fsp3) is 0.222. The molecule has 2 aromatic heterocycles. The zero-order chi connectivity index (χ0) is 8.72. The average molecular weight is 179 g/mol. The van der Waals surface area contributed by atoms with Crippen molar-refractivity contribution in [2.75, 3.05) is 0 Å². The number of hydrogen-bond acceptors (Lipinski definition) is 2. The van der Waals surface area contributed by atoms with Crippen molar-refractivity contribution in [3.63, 3.8) is 0 Å². The molecule has 0 unspecified atom stereocenters. The lowest BCUT2D eigenvalue weighted by molar-refractivity contribution is -0.617. The SMILES string of the molecule is Cc1cc2sccc2c(C)[n+]1[O-]. The fourth-order valence-electron chi connectivity index (χ4n) is 1.35. The summed E-state index contributed by atoms with van der Waals surface area (Å²) in [5.41, 5.74) is 1.56. The largest absolute Gasteiger partial charge is 0.618 e. The van der Waals surface area contributed by atoms with Crippen molar-refractivity contribution in [2.24, 2.45) is 0 Å². The number of thiophene rings is 1. The highest BCUT2D eigenvalue weighted by molar-refractivity contribution is 7.17. The number of hydrogen-bond donors (Lipinski definition) is 0. The lowest BCUT2D eigenvalue weighted by Gasteiger charge is -2.03. The van der Waals surface area contributed by atoms with Crippen LogP contribution in [0.1, 0.15) is 11.4 Å². The first kappa shape index (κ1) is 7.55. The molecular formula is C9H9NOS. The molecule has 0 aliphatic rings. The summed E-state index contributed by atoms with van der Waals surface area (Å²) in [7, 11) is 0. The van der Waals surface area contributed by atoms with Crippen LogP contribution in [-0.2, 0) is 0 Å². The van der Waals surface area contributed by atoms with E-state index in [0.29, 0.717) is 0 Å². The molecule has 0 saturated heterocycles. The van der Waals surface area contributed by atoms with Crippen LogP contribution in [0, 0.1) is 19.1 Å². The molecular weight excluding hydrogens is 170 g/mol. The topological polar surface area (TPSA) is 26.9 Å². The molecule has 2 rings (SSSR count). The molecule has 0 bridgehead atoms. The molecule has 0 aromatic carbocycles. The van der Waals surface area contributed by atoms with E-state index < -0.39 is 0 Å². The molecule has 0 aliphatic carbocycles. The van der Waals surface area contributed by atoms with Gasteiger partial charge < -0.3 is 5.21 Å². The molecule has 0 atom stereocenters. The summed E-state index contributed by atoms with van der Waals surface area (Å²) in [5, 5.41) is 14.5. The van der Waals surface area contributed by atoms with E-state index in [4.69, 9.17) is 0 Å². The van der Waals surface area contributed by atoms with E-state index in [1.807, 2.05) is 31.4 Å². The van der Waals surface area contributed by atoms with Crippen LogP contribution in [0.15, 0.2) is 17.5 Å². The van der Waals surface area contributed by atoms with Gasteiger partial charge in [0.05, 0.1) is 5.39 Å². The highest BCUT2D eigenvalue weighted by Gasteiger charge is 2.09. The highest BCUT2D eigenvalue weighted by Crippen LogP contribution is 2.22. The number of nitrogens with zero attached hydrogens (tertiary/aromatic N) is 1. The Labute approximate surface area is 74.7 Å². The van der Waals surface area contributed by atoms with Crippen LogP contribution in [0.5, 0.6) is 0 Å². The third kappa shape index (κ3) is 0.898. The van der Waals surface area contributed by atoms with Gasteiger partial charge in [-0.1, -0.05) is 0 Å². The van der Waals surface area contributed by atoms with E-state index >= 15 is 0 Å². The summed E-state index contributed by atoms with van der Waals surface area (Å²) in [6, 6.07) is 3.92. The van der Waals surface area contributed by atoms with Crippen LogP contribution in [0.2, 0.25) is 0 Å². The monoisotopic (exact) mass is 179 g/mol. The lowest BCUT2D eigenvalue weighted by Crippen LogP contribution is -2.33. The fourth-order valence-corrected chi connectivity index (χ4v) is 2.29. The van der Waals surface area contributed by atoms with Crippen LogP contribution < -0.4 is 4.73 Å². The molecule has 0 fully saturated rings. The molecule has 2 nitrogen and oxygen atoms in total. The van der Waals surface area contributed by atoms with Crippen molar-refractivity contribution in [2.45, 2.75) is 13.8 Å². The Morgan fingerprint density at radius 2 is 2.17 bits per heavy atom. The van der Waals surface area contributed by atoms with E-state index in [1.54, 1.807) is 11.3 Å². The first-order chi connectivity index (χ1) is 5.70. The van der Waals surface area contributed by atoms with E-state index in [0.717, 1.165) is 21.5 Å². The van der Waals surface area contributed by atoms with Gasteiger partial charge in [-0.3, -0.25) is 0 Å². The molecule has 3 heteroatoms. The van der Waals surface area contributed by atoms with E-state index in [2.05, 4.69) is 0 Å². The molecule has 0 saturated carbocycles. The Morgan fingerprint density at radius 1 is 1.42 bits per heavy atom. The maximum absolute atomic E-state index is 11.4. The standard InChI is InChI=1S/C9H9NOS/c1-6-5-9-8(3-4-12-9)7(2)10(6)11/h3-5H,1-2H3. The molecule has 0 amide bonds. The van der Waals surface area contributed by atoms with Crippen LogP contribution in [-0.4, -0.2) is 0 Å². The van der Waals surface area contributed by atoms with Crippen molar-refractivity contribution in [3.05, 3.63) is 34.1 Å². The van der Waals surface area contributed by atoms with Gasteiger partial charge in [0, 0.05) is 24.6 Å². The summed E-state index contributed by atoms with van der Waals surface area (Å²) in [4.78, 5) is 0. The first-order valence-corrected chi connectivity index (χ1v) is 4.65. The second kappa shape index (κ2) is 2.45. The molecule has 62 valence electrons. The Morgan fingerprint density at radius 3 is 2.92 bits per heavy atom. The molecule has 2 heterocycles. The van der Waals surface area contributed by atoms with Crippen LogP contribution in [0.25, 0.3) is 10.1 Å². The predicted molar refractivity (Wildman–Crippen MR) is 50.3 cm³/mol. The smallest absolute Gasteiger partial charge is 0.198 e. The Hall–Kier alpha value is -1.09. The zero-order valence-electron chi connectivity index (χ0n) is 7.00. The third-order valence-corrected chi connectivity index (χ3v) is 2.91. The Bertz CT molecular complexity index is 433. The minimum atomic E-state index is 0.766. The summed E-state index contributed by atoms with van der Waals surface area (Å²) < 4.78 is 2.17. The average Bonchev–Trinajstić information content (AvgIpc) is 2.48. The maximum atomic E-state index is 11.4. The van der Waals surface area contributed by atoms with E-state index in [9.17, 15) is 5.21 Å². The number of pyridine rings is 1. The summed E-state index contributed by atoms with van der Waals surface area (Å²) in [6.45, 7) is 3.69. The van der Waals surface area contributed by atoms with Gasteiger partial charge in [-0.2, -0.15) is 4.73 Å². The second-order valence-electron chi connectivity index (χ2n) is 2.86. The van der Waals surface area contributed by atoms with Gasteiger partial charge in [0.1, 0.15) is 0 Å². The van der Waals surface area contributed by atoms with Gasteiger partial charge in [-0.15, -0.1) is 11.3 Å². The summed E-state index contributed by atoms with van der Waals surface area (Å²) in [6.07, 6.45) is 0. The minimum Gasteiger partial charge on any atom is -0.618 e. The van der Waals surface area contributed by atoms with Crippen molar-refractivity contribution < 1.29 is 4.73 Å². The van der Waals surface area contributed by atoms with Crippen molar-refractivity contribution >= 4 is 21.4 Å². The molecule has 12 heavy (non-hydrogen) atoms. The number of rotatable bonds is 0. The summed E-state index contributed by atoms with van der Waals surface area (Å²) in [5.74, 6) is 0. The molecule has 0 radical (unpaired) electrons. The molecule has 0 aliphatic heterocycles. The zero-order valence-corrected chi connectivity index (χ0v) is 7.81. The number of aryl methyl sites for hydroxylation is 2. The van der Waals surface area contributed by atoms with Gasteiger partial charge in [0.25, 0.3) is 0 Å². The second-order valence-corrected chi connectivity index (χ2v) is 3.81. The van der Waals surface area contributed by atoms with Crippen molar-refractivity contribution in [1.29, 1.82) is 0 Å². The van der Waals surface area contributed by atoms with E-state index in [1.165, 1.54) is 4.70 Å². The quantitative estimate of drug-likeness (QED) is 0.449. The number of fused-ring (bicyclic) bond motifs is 1.